The van der Waals surface area contributed by atoms with Gasteiger partial charge in [-0.1, -0.05) is 0 Å². The Hall–Kier alpha value is -0.960. The number of hydrogen-bond donors (Lipinski definition) is 2. The molecule has 0 fully saturated rings. The van der Waals surface area contributed by atoms with Gasteiger partial charge in [-0.2, -0.15) is 5.10 Å². The third-order valence-electron chi connectivity index (χ3n) is 2.29. The van der Waals surface area contributed by atoms with Gasteiger partial charge in [-0.05, 0) is 21.0 Å². The van der Waals surface area contributed by atoms with Gasteiger partial charge in [0.25, 0.3) is 0 Å². The molecule has 0 aliphatic rings. The second-order valence-corrected chi connectivity index (χ2v) is 5.91. The van der Waals surface area contributed by atoms with Crippen LogP contribution in [-0.2, 0) is 14.8 Å². The highest BCUT2D eigenvalue weighted by Crippen LogP contribution is 2.09. The second-order valence-electron chi connectivity index (χ2n) is 4.17. The molecule has 0 saturated heterocycles. The largest absolute Gasteiger partial charge is 0.379 e. The van der Waals surface area contributed by atoms with Gasteiger partial charge in [-0.15, -0.1) is 0 Å². The molecule has 0 atom stereocenters. The minimum Gasteiger partial charge on any atom is -0.379 e. The van der Waals surface area contributed by atoms with Gasteiger partial charge >= 0.3 is 0 Å². The van der Waals surface area contributed by atoms with Crippen molar-refractivity contribution in [2.75, 3.05) is 40.4 Å². The minimum atomic E-state index is -3.49. The molecule has 1 heterocycles. The molecule has 0 unspecified atom stereocenters. The van der Waals surface area contributed by atoms with Crippen LogP contribution in [0.2, 0.25) is 0 Å². The lowest BCUT2D eigenvalue weighted by molar-refractivity contribution is 0.122. The molecule has 0 aromatic carbocycles. The maximum atomic E-state index is 11.8. The summed E-state index contributed by atoms with van der Waals surface area (Å²) in [6.45, 7) is 3.66. The number of H-pyrrole nitrogens is 1. The normalized spacial score (nSPS) is 12.2. The SMILES string of the molecule is Cc1[nH]ncc1S(=O)(=O)NCCOCCN(C)C. The monoisotopic (exact) mass is 276 g/mol. The summed E-state index contributed by atoms with van der Waals surface area (Å²) in [5.41, 5.74) is 0.524. The number of nitrogens with zero attached hydrogens (tertiary/aromatic N) is 2. The van der Waals surface area contributed by atoms with Crippen molar-refractivity contribution in [3.63, 3.8) is 0 Å². The summed E-state index contributed by atoms with van der Waals surface area (Å²) in [6.07, 6.45) is 1.30. The summed E-state index contributed by atoms with van der Waals surface area (Å²) < 4.78 is 31.4. The van der Waals surface area contributed by atoms with Gasteiger partial charge in [0.15, 0.2) is 0 Å². The summed E-state index contributed by atoms with van der Waals surface area (Å²) in [5.74, 6) is 0. The molecule has 7 nitrogen and oxygen atoms in total. The summed E-state index contributed by atoms with van der Waals surface area (Å²) >= 11 is 0. The van der Waals surface area contributed by atoms with Gasteiger partial charge in [0.05, 0.1) is 25.1 Å². The Bertz CT molecular complexity index is 455. The molecular formula is C10H20N4O3S. The van der Waals surface area contributed by atoms with E-state index in [1.54, 1.807) is 6.92 Å². The van der Waals surface area contributed by atoms with Crippen LogP contribution < -0.4 is 4.72 Å². The Labute approximate surface area is 108 Å². The summed E-state index contributed by atoms with van der Waals surface area (Å²) in [7, 11) is 0.419. The van der Waals surface area contributed by atoms with Gasteiger partial charge in [0.1, 0.15) is 4.90 Å². The second kappa shape index (κ2) is 6.83. The van der Waals surface area contributed by atoms with Crippen molar-refractivity contribution in [2.45, 2.75) is 11.8 Å². The molecule has 1 rings (SSSR count). The van der Waals surface area contributed by atoms with E-state index < -0.39 is 10.0 Å². The van der Waals surface area contributed by atoms with Crippen LogP contribution in [0.25, 0.3) is 0 Å². The van der Waals surface area contributed by atoms with Crippen LogP contribution >= 0.6 is 0 Å². The molecule has 0 spiro atoms. The zero-order valence-electron chi connectivity index (χ0n) is 10.9. The summed E-state index contributed by atoms with van der Waals surface area (Å²) in [4.78, 5) is 2.18. The molecule has 2 N–H and O–H groups in total. The fraction of sp³-hybridized carbons (Fsp3) is 0.700. The smallest absolute Gasteiger partial charge is 0.244 e. The third kappa shape index (κ3) is 4.73. The van der Waals surface area contributed by atoms with Gasteiger partial charge in [0, 0.05) is 13.1 Å². The number of rotatable bonds is 8. The Morgan fingerprint density at radius 3 is 2.72 bits per heavy atom. The quantitative estimate of drug-likeness (QED) is 0.629. The molecule has 8 heteroatoms. The molecule has 1 aromatic rings. The number of nitrogens with one attached hydrogen (secondary N) is 2. The molecule has 0 amide bonds. The van der Waals surface area contributed by atoms with Gasteiger partial charge in [0.2, 0.25) is 10.0 Å². The molecule has 1 aromatic heterocycles. The Morgan fingerprint density at radius 1 is 1.44 bits per heavy atom. The molecular weight excluding hydrogens is 256 g/mol. The molecule has 0 radical (unpaired) electrons. The van der Waals surface area contributed by atoms with E-state index in [4.69, 9.17) is 4.74 Å². The topological polar surface area (TPSA) is 87.3 Å². The van der Waals surface area contributed by atoms with Crippen molar-refractivity contribution in [3.8, 4) is 0 Å². The first-order valence-electron chi connectivity index (χ1n) is 5.65. The molecule has 0 saturated carbocycles. The number of hydrogen-bond acceptors (Lipinski definition) is 5. The fourth-order valence-electron chi connectivity index (χ4n) is 1.29. The van der Waals surface area contributed by atoms with E-state index in [0.717, 1.165) is 6.54 Å². The fourth-order valence-corrected chi connectivity index (χ4v) is 2.43. The molecule has 104 valence electrons. The Balaban J connectivity index is 2.29. The number of sulfonamides is 1. The number of aryl methyl sites for hydroxylation is 1. The maximum absolute atomic E-state index is 11.8. The van der Waals surface area contributed by atoms with Crippen LogP contribution in [0.15, 0.2) is 11.1 Å². The van der Waals surface area contributed by atoms with E-state index in [9.17, 15) is 8.42 Å². The van der Waals surface area contributed by atoms with E-state index in [1.165, 1.54) is 6.20 Å². The molecule has 0 bridgehead atoms. The maximum Gasteiger partial charge on any atom is 0.244 e. The lowest BCUT2D eigenvalue weighted by Crippen LogP contribution is -2.28. The van der Waals surface area contributed by atoms with Crippen LogP contribution in [0.1, 0.15) is 5.69 Å². The van der Waals surface area contributed by atoms with E-state index >= 15 is 0 Å². The van der Waals surface area contributed by atoms with Gasteiger partial charge < -0.3 is 9.64 Å². The predicted octanol–water partition coefficient (Wildman–Crippen LogP) is -0.425. The minimum absolute atomic E-state index is 0.177. The highest BCUT2D eigenvalue weighted by atomic mass is 32.2. The number of aromatic nitrogens is 2. The average Bonchev–Trinajstić information content (AvgIpc) is 2.70. The van der Waals surface area contributed by atoms with Crippen LogP contribution in [0.4, 0.5) is 0 Å². The lowest BCUT2D eigenvalue weighted by atomic mass is 10.5. The number of aromatic amines is 1. The first-order valence-corrected chi connectivity index (χ1v) is 7.14. The van der Waals surface area contributed by atoms with Crippen LogP contribution in [-0.4, -0.2) is 63.9 Å². The number of ether oxygens (including phenoxy) is 1. The van der Waals surface area contributed by atoms with E-state index in [-0.39, 0.29) is 11.4 Å². The molecule has 0 aliphatic carbocycles. The van der Waals surface area contributed by atoms with Crippen molar-refractivity contribution in [1.82, 2.24) is 19.8 Å². The lowest BCUT2D eigenvalue weighted by Gasteiger charge is -2.10. The van der Waals surface area contributed by atoms with Gasteiger partial charge in [-0.3, -0.25) is 5.10 Å². The van der Waals surface area contributed by atoms with Gasteiger partial charge in [-0.25, -0.2) is 13.1 Å². The predicted molar refractivity (Wildman–Crippen MR) is 67.9 cm³/mol. The Kier molecular flexibility index (Phi) is 5.73. The van der Waals surface area contributed by atoms with E-state index in [2.05, 4.69) is 14.9 Å². The van der Waals surface area contributed by atoms with Crippen LogP contribution in [0, 0.1) is 6.92 Å². The van der Waals surface area contributed by atoms with Crippen molar-refractivity contribution in [2.24, 2.45) is 0 Å². The Morgan fingerprint density at radius 2 is 2.17 bits per heavy atom. The van der Waals surface area contributed by atoms with Crippen LogP contribution in [0.3, 0.4) is 0 Å². The summed E-state index contributed by atoms with van der Waals surface area (Å²) in [5, 5.41) is 6.28. The zero-order valence-corrected chi connectivity index (χ0v) is 11.7. The standard InChI is InChI=1S/C10H20N4O3S/c1-9-10(8-11-13-9)18(15,16)12-4-6-17-7-5-14(2)3/h8,12H,4-7H2,1-3H3,(H,11,13). The molecule has 18 heavy (non-hydrogen) atoms. The zero-order chi connectivity index (χ0) is 13.6. The highest BCUT2D eigenvalue weighted by Gasteiger charge is 2.17. The third-order valence-corrected chi connectivity index (χ3v) is 3.87. The van der Waals surface area contributed by atoms with Crippen molar-refractivity contribution in [3.05, 3.63) is 11.9 Å². The first kappa shape index (κ1) is 15.1. The van der Waals surface area contributed by atoms with Crippen LogP contribution in [0.5, 0.6) is 0 Å². The first-order chi connectivity index (χ1) is 8.43. The van der Waals surface area contributed by atoms with Crippen molar-refractivity contribution in [1.29, 1.82) is 0 Å². The highest BCUT2D eigenvalue weighted by molar-refractivity contribution is 7.89. The number of likely N-dealkylation sites (N-methyl/N-ethyl adjacent to an activating group) is 1. The molecule has 0 aliphatic heterocycles. The van der Waals surface area contributed by atoms with Crippen molar-refractivity contribution >= 4 is 10.0 Å². The van der Waals surface area contributed by atoms with E-state index in [1.807, 2.05) is 19.0 Å². The van der Waals surface area contributed by atoms with Crippen molar-refractivity contribution < 1.29 is 13.2 Å². The average molecular weight is 276 g/mol. The summed E-state index contributed by atoms with van der Waals surface area (Å²) in [6, 6.07) is 0. The van der Waals surface area contributed by atoms with E-state index in [0.29, 0.717) is 18.9 Å².